The fourth-order valence-electron chi connectivity index (χ4n) is 2.85. The Morgan fingerprint density at radius 3 is 2.05 bits per heavy atom. The van der Waals surface area contributed by atoms with E-state index in [4.69, 9.17) is 0 Å². The van der Waals surface area contributed by atoms with Gasteiger partial charge in [-0.1, -0.05) is 27.7 Å². The van der Waals surface area contributed by atoms with Crippen molar-refractivity contribution in [1.82, 2.24) is 15.1 Å². The van der Waals surface area contributed by atoms with E-state index in [0.717, 1.165) is 39.0 Å². The van der Waals surface area contributed by atoms with E-state index in [9.17, 15) is 4.79 Å². The molecular formula is C16H33N3O. The molecule has 0 unspecified atom stereocenters. The molecule has 0 radical (unpaired) electrons. The van der Waals surface area contributed by atoms with E-state index in [1.165, 1.54) is 0 Å². The van der Waals surface area contributed by atoms with Crippen LogP contribution >= 0.6 is 0 Å². The zero-order valence-corrected chi connectivity index (χ0v) is 14.0. The zero-order valence-electron chi connectivity index (χ0n) is 14.0. The predicted molar refractivity (Wildman–Crippen MR) is 84.8 cm³/mol. The van der Waals surface area contributed by atoms with E-state index in [2.05, 4.69) is 45.0 Å². The maximum atomic E-state index is 12.5. The number of hydrogen-bond acceptors (Lipinski definition) is 3. The molecule has 0 aliphatic carbocycles. The van der Waals surface area contributed by atoms with Crippen molar-refractivity contribution >= 4 is 5.91 Å². The third kappa shape index (κ3) is 6.23. The maximum absolute atomic E-state index is 12.5. The normalized spacial score (nSPS) is 17.2. The second-order valence-electron chi connectivity index (χ2n) is 6.98. The first-order valence-electron chi connectivity index (χ1n) is 8.08. The van der Waals surface area contributed by atoms with Crippen LogP contribution in [0.2, 0.25) is 0 Å². The summed E-state index contributed by atoms with van der Waals surface area (Å²) >= 11 is 0. The van der Waals surface area contributed by atoms with Crippen LogP contribution in [0.4, 0.5) is 0 Å². The Kier molecular flexibility index (Phi) is 7.52. The second-order valence-corrected chi connectivity index (χ2v) is 6.98. The van der Waals surface area contributed by atoms with Crippen molar-refractivity contribution in [1.29, 1.82) is 0 Å². The van der Waals surface area contributed by atoms with Crippen molar-refractivity contribution in [3.05, 3.63) is 0 Å². The monoisotopic (exact) mass is 283 g/mol. The molecule has 0 aromatic carbocycles. The highest BCUT2D eigenvalue weighted by molar-refractivity contribution is 5.78. The highest BCUT2D eigenvalue weighted by atomic mass is 16.2. The molecule has 1 saturated heterocycles. The number of hydrogen-bond donors (Lipinski definition) is 1. The van der Waals surface area contributed by atoms with Gasteiger partial charge >= 0.3 is 0 Å². The van der Waals surface area contributed by atoms with Gasteiger partial charge in [-0.05, 0) is 44.8 Å². The van der Waals surface area contributed by atoms with Crippen molar-refractivity contribution in [2.45, 2.75) is 46.6 Å². The number of nitrogens with zero attached hydrogens (tertiary/aromatic N) is 2. The van der Waals surface area contributed by atoms with Gasteiger partial charge in [-0.25, -0.2) is 0 Å². The van der Waals surface area contributed by atoms with Crippen molar-refractivity contribution in [3.63, 3.8) is 0 Å². The van der Waals surface area contributed by atoms with Crippen molar-refractivity contribution in [2.75, 3.05) is 39.8 Å². The minimum atomic E-state index is 0.286. The topological polar surface area (TPSA) is 35.6 Å². The molecule has 0 bridgehead atoms. The van der Waals surface area contributed by atoms with E-state index in [1.54, 1.807) is 0 Å². The molecule has 4 heteroatoms. The number of rotatable bonds is 7. The summed E-state index contributed by atoms with van der Waals surface area (Å²) in [6.45, 7) is 13.2. The van der Waals surface area contributed by atoms with Gasteiger partial charge in [-0.2, -0.15) is 0 Å². The first-order valence-corrected chi connectivity index (χ1v) is 8.08. The van der Waals surface area contributed by atoms with Gasteiger partial charge < -0.3 is 10.2 Å². The summed E-state index contributed by atoms with van der Waals surface area (Å²) in [6.07, 6.45) is 2.30. The predicted octanol–water partition coefficient (Wildman–Crippen LogP) is 1.81. The van der Waals surface area contributed by atoms with Crippen LogP contribution in [0.25, 0.3) is 0 Å². The lowest BCUT2D eigenvalue weighted by atomic mass is 10.1. The molecule has 1 aliphatic rings. The van der Waals surface area contributed by atoms with Crippen LogP contribution in [0.3, 0.4) is 0 Å². The Morgan fingerprint density at radius 2 is 1.60 bits per heavy atom. The molecular weight excluding hydrogens is 250 g/mol. The lowest BCUT2D eigenvalue weighted by Gasteiger charge is -2.34. The molecule has 4 nitrogen and oxygen atoms in total. The van der Waals surface area contributed by atoms with E-state index in [0.29, 0.717) is 24.4 Å². The first kappa shape index (κ1) is 17.4. The smallest absolute Gasteiger partial charge is 0.236 e. The number of piperidine rings is 1. The van der Waals surface area contributed by atoms with Crippen LogP contribution in [0.5, 0.6) is 0 Å². The van der Waals surface area contributed by atoms with Gasteiger partial charge in [0.1, 0.15) is 0 Å². The Labute approximate surface area is 124 Å². The summed E-state index contributed by atoms with van der Waals surface area (Å²) in [5.41, 5.74) is 0. The Morgan fingerprint density at radius 1 is 1.10 bits per heavy atom. The summed E-state index contributed by atoms with van der Waals surface area (Å²) in [4.78, 5) is 16.8. The highest BCUT2D eigenvalue weighted by Gasteiger charge is 2.23. The van der Waals surface area contributed by atoms with E-state index < -0.39 is 0 Å². The number of carbonyl (C=O) groups excluding carboxylic acids is 1. The molecule has 118 valence electrons. The fraction of sp³-hybridized carbons (Fsp3) is 0.938. The molecule has 20 heavy (non-hydrogen) atoms. The first-order chi connectivity index (χ1) is 9.40. The van der Waals surface area contributed by atoms with Crippen molar-refractivity contribution in [2.24, 2.45) is 11.8 Å². The average Bonchev–Trinajstić information content (AvgIpc) is 2.37. The Hall–Kier alpha value is -0.610. The quantitative estimate of drug-likeness (QED) is 0.774. The molecule has 0 spiro atoms. The number of amides is 1. The van der Waals surface area contributed by atoms with Gasteiger partial charge in [0.25, 0.3) is 0 Å². The van der Waals surface area contributed by atoms with Gasteiger partial charge in [-0.3, -0.25) is 9.69 Å². The maximum Gasteiger partial charge on any atom is 0.236 e. The molecule has 1 N–H and O–H groups in total. The van der Waals surface area contributed by atoms with E-state index in [-0.39, 0.29) is 5.91 Å². The summed E-state index contributed by atoms with van der Waals surface area (Å²) in [7, 11) is 2.09. The SMILES string of the molecule is CC(C)CN(CC(C)C)C(=O)CN(C)C1CCNCC1. The number of likely N-dealkylation sites (N-methyl/N-ethyl adjacent to an activating group) is 1. The van der Waals surface area contributed by atoms with Crippen LogP contribution in [0.1, 0.15) is 40.5 Å². The minimum Gasteiger partial charge on any atom is -0.341 e. The van der Waals surface area contributed by atoms with E-state index in [1.807, 2.05) is 4.90 Å². The third-order valence-corrected chi connectivity index (χ3v) is 3.84. The Balaban J connectivity index is 2.50. The summed E-state index contributed by atoms with van der Waals surface area (Å²) < 4.78 is 0. The Bertz CT molecular complexity index is 275. The van der Waals surface area contributed by atoms with Crippen LogP contribution in [0, 0.1) is 11.8 Å². The molecule has 0 saturated carbocycles. The molecule has 0 aromatic rings. The van der Waals surface area contributed by atoms with Gasteiger partial charge in [0.05, 0.1) is 6.54 Å². The van der Waals surface area contributed by atoms with Gasteiger partial charge in [-0.15, -0.1) is 0 Å². The van der Waals surface area contributed by atoms with Gasteiger partial charge in [0.2, 0.25) is 5.91 Å². The van der Waals surface area contributed by atoms with Crippen LogP contribution < -0.4 is 5.32 Å². The van der Waals surface area contributed by atoms with Crippen molar-refractivity contribution in [3.8, 4) is 0 Å². The highest BCUT2D eigenvalue weighted by Crippen LogP contribution is 2.11. The summed E-state index contributed by atoms with van der Waals surface area (Å²) in [5, 5.41) is 3.38. The average molecular weight is 283 g/mol. The standard InChI is InChI=1S/C16H33N3O/c1-13(2)10-19(11-14(3)4)16(20)12-18(5)15-6-8-17-9-7-15/h13-15,17H,6-12H2,1-5H3. The van der Waals surface area contributed by atoms with Crippen molar-refractivity contribution < 1.29 is 4.79 Å². The number of carbonyl (C=O) groups is 1. The molecule has 1 amide bonds. The van der Waals surface area contributed by atoms with Crippen LogP contribution in [0.15, 0.2) is 0 Å². The molecule has 1 aliphatic heterocycles. The lowest BCUT2D eigenvalue weighted by Crippen LogP contribution is -2.47. The lowest BCUT2D eigenvalue weighted by molar-refractivity contribution is -0.133. The molecule has 1 heterocycles. The van der Waals surface area contributed by atoms with Crippen LogP contribution in [-0.4, -0.2) is 61.5 Å². The largest absolute Gasteiger partial charge is 0.341 e. The molecule has 1 fully saturated rings. The van der Waals surface area contributed by atoms with E-state index >= 15 is 0 Å². The van der Waals surface area contributed by atoms with Gasteiger partial charge in [0.15, 0.2) is 0 Å². The second kappa shape index (κ2) is 8.63. The third-order valence-electron chi connectivity index (χ3n) is 3.84. The van der Waals surface area contributed by atoms with Gasteiger partial charge in [0, 0.05) is 19.1 Å². The van der Waals surface area contributed by atoms with Crippen LogP contribution in [-0.2, 0) is 4.79 Å². The number of nitrogens with one attached hydrogen (secondary N) is 1. The summed E-state index contributed by atoms with van der Waals surface area (Å²) in [6, 6.07) is 0.556. The fourth-order valence-corrected chi connectivity index (χ4v) is 2.85. The molecule has 0 atom stereocenters. The summed E-state index contributed by atoms with van der Waals surface area (Å²) in [5.74, 6) is 1.34. The molecule has 1 rings (SSSR count). The zero-order chi connectivity index (χ0) is 15.1. The molecule has 0 aromatic heterocycles. The minimum absolute atomic E-state index is 0.286.